The molecule has 0 aromatic heterocycles. The van der Waals surface area contributed by atoms with Gasteiger partial charge in [0.05, 0.1) is 11.5 Å². The second-order valence-corrected chi connectivity index (χ2v) is 7.80. The Morgan fingerprint density at radius 1 is 1.41 bits per heavy atom. The van der Waals surface area contributed by atoms with Crippen LogP contribution >= 0.6 is 0 Å². The molecule has 2 rings (SSSR count). The van der Waals surface area contributed by atoms with Crippen molar-refractivity contribution < 1.29 is 8.42 Å². The SMILES string of the molecule is CC(CNCCC1CS(=O)(=O)CCN1)C1CC1. The quantitative estimate of drug-likeness (QED) is 0.679. The van der Waals surface area contributed by atoms with Crippen molar-refractivity contribution in [3.8, 4) is 0 Å². The molecule has 2 unspecified atom stereocenters. The van der Waals surface area contributed by atoms with Crippen molar-refractivity contribution in [3.63, 3.8) is 0 Å². The van der Waals surface area contributed by atoms with Gasteiger partial charge in [-0.05, 0) is 44.2 Å². The second kappa shape index (κ2) is 5.67. The van der Waals surface area contributed by atoms with Crippen molar-refractivity contribution >= 4 is 9.84 Å². The highest BCUT2D eigenvalue weighted by atomic mass is 32.2. The topological polar surface area (TPSA) is 58.2 Å². The van der Waals surface area contributed by atoms with Crippen LogP contribution in [0.2, 0.25) is 0 Å². The molecule has 2 atom stereocenters. The normalized spacial score (nSPS) is 30.1. The maximum absolute atomic E-state index is 11.4. The fourth-order valence-electron chi connectivity index (χ4n) is 2.49. The molecule has 4 nitrogen and oxygen atoms in total. The molecule has 1 heterocycles. The molecule has 0 bridgehead atoms. The van der Waals surface area contributed by atoms with Crippen molar-refractivity contribution in [3.05, 3.63) is 0 Å². The van der Waals surface area contributed by atoms with Crippen LogP contribution in [0.25, 0.3) is 0 Å². The lowest BCUT2D eigenvalue weighted by Gasteiger charge is -2.24. The minimum atomic E-state index is -2.78. The van der Waals surface area contributed by atoms with E-state index in [0.717, 1.165) is 31.3 Å². The van der Waals surface area contributed by atoms with Crippen LogP contribution < -0.4 is 10.6 Å². The Bertz CT molecular complexity index is 338. The van der Waals surface area contributed by atoms with Gasteiger partial charge in [0, 0.05) is 12.6 Å². The van der Waals surface area contributed by atoms with Crippen molar-refractivity contribution in [1.29, 1.82) is 0 Å². The zero-order valence-electron chi connectivity index (χ0n) is 10.6. The number of sulfone groups is 1. The number of nitrogens with one attached hydrogen (secondary N) is 2. The van der Waals surface area contributed by atoms with E-state index in [2.05, 4.69) is 17.6 Å². The molecular weight excluding hydrogens is 236 g/mol. The molecule has 5 heteroatoms. The van der Waals surface area contributed by atoms with Gasteiger partial charge in [0.2, 0.25) is 0 Å². The third-order valence-electron chi connectivity index (χ3n) is 3.86. The van der Waals surface area contributed by atoms with Gasteiger partial charge in [-0.3, -0.25) is 0 Å². The summed E-state index contributed by atoms with van der Waals surface area (Å²) >= 11 is 0. The summed E-state index contributed by atoms with van der Waals surface area (Å²) in [4.78, 5) is 0. The molecule has 0 amide bonds. The molecule has 100 valence electrons. The molecular formula is C12H24N2O2S. The minimum absolute atomic E-state index is 0.150. The van der Waals surface area contributed by atoms with Gasteiger partial charge in [0.1, 0.15) is 0 Å². The average molecular weight is 260 g/mol. The zero-order chi connectivity index (χ0) is 12.3. The summed E-state index contributed by atoms with van der Waals surface area (Å²) in [5.41, 5.74) is 0. The van der Waals surface area contributed by atoms with Gasteiger partial charge in [-0.2, -0.15) is 0 Å². The summed E-state index contributed by atoms with van der Waals surface area (Å²) in [5.74, 6) is 2.33. The van der Waals surface area contributed by atoms with Crippen molar-refractivity contribution in [2.75, 3.05) is 31.1 Å². The van der Waals surface area contributed by atoms with Gasteiger partial charge in [-0.15, -0.1) is 0 Å². The molecule has 0 radical (unpaired) electrons. The minimum Gasteiger partial charge on any atom is -0.316 e. The summed E-state index contributed by atoms with van der Waals surface area (Å²) in [6.45, 7) is 4.91. The predicted octanol–water partition coefficient (Wildman–Crippen LogP) is 0.399. The highest BCUT2D eigenvalue weighted by Crippen LogP contribution is 2.35. The van der Waals surface area contributed by atoms with Gasteiger partial charge in [0.25, 0.3) is 0 Å². The molecule has 1 aliphatic heterocycles. The molecule has 0 aromatic carbocycles. The summed E-state index contributed by atoms with van der Waals surface area (Å²) in [6, 6.07) is 0.150. The van der Waals surface area contributed by atoms with Gasteiger partial charge in [-0.1, -0.05) is 6.92 Å². The van der Waals surface area contributed by atoms with E-state index in [4.69, 9.17) is 0 Å². The standard InChI is InChI=1S/C12H24N2O2S/c1-10(11-2-3-11)8-13-5-4-12-9-17(15,16)7-6-14-12/h10-14H,2-9H2,1H3. The Kier molecular flexibility index (Phi) is 4.44. The largest absolute Gasteiger partial charge is 0.316 e. The van der Waals surface area contributed by atoms with Crippen LogP contribution in [-0.4, -0.2) is 45.6 Å². The Balaban J connectivity index is 1.58. The first-order valence-electron chi connectivity index (χ1n) is 6.71. The van der Waals surface area contributed by atoms with Crippen LogP contribution in [0.1, 0.15) is 26.2 Å². The first kappa shape index (κ1) is 13.3. The fraction of sp³-hybridized carbons (Fsp3) is 1.00. The van der Waals surface area contributed by atoms with Gasteiger partial charge < -0.3 is 10.6 Å². The monoisotopic (exact) mass is 260 g/mol. The molecule has 0 spiro atoms. The van der Waals surface area contributed by atoms with Crippen LogP contribution in [0.15, 0.2) is 0 Å². The molecule has 2 aliphatic rings. The number of rotatable bonds is 6. The molecule has 0 aromatic rings. The van der Waals surface area contributed by atoms with Crippen LogP contribution in [-0.2, 0) is 9.84 Å². The molecule has 17 heavy (non-hydrogen) atoms. The summed E-state index contributed by atoms with van der Waals surface area (Å²) in [6.07, 6.45) is 3.70. The summed E-state index contributed by atoms with van der Waals surface area (Å²) in [5, 5.41) is 6.73. The molecule has 2 fully saturated rings. The Morgan fingerprint density at radius 2 is 2.18 bits per heavy atom. The number of hydrogen-bond donors (Lipinski definition) is 2. The third kappa shape index (κ3) is 4.56. The fourth-order valence-corrected chi connectivity index (χ4v) is 3.98. The molecule has 1 saturated carbocycles. The molecule has 1 aliphatic carbocycles. The van der Waals surface area contributed by atoms with E-state index < -0.39 is 9.84 Å². The van der Waals surface area contributed by atoms with E-state index in [1.165, 1.54) is 12.8 Å². The van der Waals surface area contributed by atoms with Crippen molar-refractivity contribution in [2.24, 2.45) is 11.8 Å². The highest BCUT2D eigenvalue weighted by Gasteiger charge is 2.27. The average Bonchev–Trinajstić information content (AvgIpc) is 3.06. The number of hydrogen-bond acceptors (Lipinski definition) is 4. The Labute approximate surface area is 104 Å². The van der Waals surface area contributed by atoms with E-state index in [0.29, 0.717) is 18.1 Å². The lowest BCUT2D eigenvalue weighted by molar-refractivity contribution is 0.434. The van der Waals surface area contributed by atoms with E-state index in [-0.39, 0.29) is 6.04 Å². The van der Waals surface area contributed by atoms with Crippen molar-refractivity contribution in [2.45, 2.75) is 32.2 Å². The van der Waals surface area contributed by atoms with Gasteiger partial charge in [0.15, 0.2) is 9.84 Å². The lowest BCUT2D eigenvalue weighted by atomic mass is 10.1. The van der Waals surface area contributed by atoms with E-state index >= 15 is 0 Å². The van der Waals surface area contributed by atoms with Crippen LogP contribution in [0.4, 0.5) is 0 Å². The van der Waals surface area contributed by atoms with Crippen LogP contribution in [0.3, 0.4) is 0 Å². The van der Waals surface area contributed by atoms with Crippen molar-refractivity contribution in [1.82, 2.24) is 10.6 Å². The smallest absolute Gasteiger partial charge is 0.153 e. The Hall–Kier alpha value is -0.130. The summed E-state index contributed by atoms with van der Waals surface area (Å²) in [7, 11) is -2.78. The zero-order valence-corrected chi connectivity index (χ0v) is 11.4. The van der Waals surface area contributed by atoms with Gasteiger partial charge >= 0.3 is 0 Å². The maximum Gasteiger partial charge on any atom is 0.153 e. The van der Waals surface area contributed by atoms with Crippen LogP contribution in [0, 0.1) is 11.8 Å². The molecule has 2 N–H and O–H groups in total. The maximum atomic E-state index is 11.4. The van der Waals surface area contributed by atoms with E-state index in [1.54, 1.807) is 0 Å². The Morgan fingerprint density at radius 3 is 2.82 bits per heavy atom. The van der Waals surface area contributed by atoms with E-state index in [9.17, 15) is 8.42 Å². The molecule has 1 saturated heterocycles. The highest BCUT2D eigenvalue weighted by molar-refractivity contribution is 7.91. The first-order chi connectivity index (χ1) is 8.07. The lowest BCUT2D eigenvalue weighted by Crippen LogP contribution is -2.46. The van der Waals surface area contributed by atoms with E-state index in [1.807, 2.05) is 0 Å². The predicted molar refractivity (Wildman–Crippen MR) is 69.8 cm³/mol. The summed E-state index contributed by atoms with van der Waals surface area (Å²) < 4.78 is 22.9. The third-order valence-corrected chi connectivity index (χ3v) is 5.60. The van der Waals surface area contributed by atoms with Crippen LogP contribution in [0.5, 0.6) is 0 Å². The second-order valence-electron chi connectivity index (χ2n) is 5.57. The first-order valence-corrected chi connectivity index (χ1v) is 8.53. The van der Waals surface area contributed by atoms with Gasteiger partial charge in [-0.25, -0.2) is 8.42 Å².